The molecule has 0 atom stereocenters. The molecule has 0 bridgehead atoms. The van der Waals surface area contributed by atoms with Crippen LogP contribution in [0.15, 0.2) is 47.4 Å². The maximum atomic E-state index is 13.3. The second-order valence-corrected chi connectivity index (χ2v) is 8.31. The van der Waals surface area contributed by atoms with E-state index in [2.05, 4.69) is 0 Å². The Morgan fingerprint density at radius 2 is 1.54 bits per heavy atom. The van der Waals surface area contributed by atoms with Crippen molar-refractivity contribution < 1.29 is 19.1 Å². The number of carbonyl (C=O) groups is 2. The van der Waals surface area contributed by atoms with Crippen molar-refractivity contribution in [3.8, 4) is 11.5 Å². The largest absolute Gasteiger partial charge is 0.493 e. The number of carbonyl (C=O) groups excluding carboxylic acids is 2. The minimum absolute atomic E-state index is 0.164. The first-order valence-corrected chi connectivity index (χ1v) is 9.84. The van der Waals surface area contributed by atoms with E-state index in [9.17, 15) is 9.59 Å². The average Bonchev–Trinajstić information content (AvgIpc) is 2.91. The lowest BCUT2D eigenvalue weighted by atomic mass is 10.0. The van der Waals surface area contributed by atoms with Crippen molar-refractivity contribution in [2.24, 2.45) is 0 Å². The molecule has 2 amide bonds. The SMILES string of the molecule is COc1ccc(N2C(=O)C(SC(C)C)=C(c3ccc(C)cc3)C2=O)cc1OC. The number of amides is 2. The van der Waals surface area contributed by atoms with Crippen LogP contribution in [0, 0.1) is 6.92 Å². The van der Waals surface area contributed by atoms with Crippen LogP contribution in [-0.4, -0.2) is 31.3 Å². The summed E-state index contributed by atoms with van der Waals surface area (Å²) in [5.74, 6) is 0.354. The number of thioether (sulfide) groups is 1. The van der Waals surface area contributed by atoms with Crippen LogP contribution in [0.3, 0.4) is 0 Å². The van der Waals surface area contributed by atoms with Gasteiger partial charge in [-0.2, -0.15) is 0 Å². The van der Waals surface area contributed by atoms with Crippen LogP contribution in [0.25, 0.3) is 5.57 Å². The first-order chi connectivity index (χ1) is 13.4. The molecule has 1 aliphatic rings. The molecule has 0 aliphatic carbocycles. The van der Waals surface area contributed by atoms with Crippen molar-refractivity contribution in [1.29, 1.82) is 0 Å². The lowest BCUT2D eigenvalue weighted by molar-refractivity contribution is -0.119. The molecule has 0 aromatic heterocycles. The molecule has 0 N–H and O–H groups in total. The van der Waals surface area contributed by atoms with Gasteiger partial charge in [0.2, 0.25) is 0 Å². The molecule has 0 fully saturated rings. The highest BCUT2D eigenvalue weighted by atomic mass is 32.2. The Morgan fingerprint density at radius 1 is 0.893 bits per heavy atom. The molecule has 3 rings (SSSR count). The minimum Gasteiger partial charge on any atom is -0.493 e. The molecule has 6 heteroatoms. The summed E-state index contributed by atoms with van der Waals surface area (Å²) in [6, 6.07) is 12.7. The number of rotatable bonds is 6. The van der Waals surface area contributed by atoms with Crippen LogP contribution in [0.2, 0.25) is 0 Å². The summed E-state index contributed by atoms with van der Waals surface area (Å²) in [6.45, 7) is 5.99. The second-order valence-electron chi connectivity index (χ2n) is 6.72. The van der Waals surface area contributed by atoms with E-state index in [1.807, 2.05) is 45.0 Å². The number of imide groups is 1. The number of anilines is 1. The fraction of sp³-hybridized carbons (Fsp3) is 0.273. The Hall–Kier alpha value is -2.73. The zero-order chi connectivity index (χ0) is 20.4. The molecule has 0 saturated heterocycles. The zero-order valence-electron chi connectivity index (χ0n) is 16.6. The van der Waals surface area contributed by atoms with Crippen LogP contribution in [0.5, 0.6) is 11.5 Å². The maximum absolute atomic E-state index is 13.3. The van der Waals surface area contributed by atoms with Gasteiger partial charge in [0.15, 0.2) is 11.5 Å². The first-order valence-electron chi connectivity index (χ1n) is 8.96. The quantitative estimate of drug-likeness (QED) is 0.675. The number of methoxy groups -OCH3 is 2. The number of ether oxygens (including phenoxy) is 2. The molecule has 1 heterocycles. The maximum Gasteiger partial charge on any atom is 0.272 e. The summed E-state index contributed by atoms with van der Waals surface area (Å²) < 4.78 is 10.6. The molecular formula is C22H23NO4S. The summed E-state index contributed by atoms with van der Waals surface area (Å²) in [5, 5.41) is 0.164. The number of aryl methyl sites for hydroxylation is 1. The molecular weight excluding hydrogens is 374 g/mol. The fourth-order valence-electron chi connectivity index (χ4n) is 3.03. The molecule has 28 heavy (non-hydrogen) atoms. The fourth-order valence-corrected chi connectivity index (χ4v) is 4.01. The van der Waals surface area contributed by atoms with Crippen LogP contribution in [0.4, 0.5) is 5.69 Å². The van der Waals surface area contributed by atoms with Gasteiger partial charge < -0.3 is 9.47 Å². The third kappa shape index (κ3) is 3.64. The Labute approximate surface area is 169 Å². The van der Waals surface area contributed by atoms with Gasteiger partial charge in [-0.1, -0.05) is 43.7 Å². The van der Waals surface area contributed by atoms with Gasteiger partial charge in [0.05, 0.1) is 30.4 Å². The summed E-state index contributed by atoms with van der Waals surface area (Å²) in [4.78, 5) is 28.2. The summed E-state index contributed by atoms with van der Waals surface area (Å²) in [7, 11) is 3.06. The lowest BCUT2D eigenvalue weighted by Crippen LogP contribution is -2.31. The minimum atomic E-state index is -0.329. The van der Waals surface area contributed by atoms with E-state index in [-0.39, 0.29) is 17.1 Å². The summed E-state index contributed by atoms with van der Waals surface area (Å²) in [6.07, 6.45) is 0. The highest BCUT2D eigenvalue weighted by Gasteiger charge is 2.40. The van der Waals surface area contributed by atoms with Crippen molar-refractivity contribution in [3.63, 3.8) is 0 Å². The van der Waals surface area contributed by atoms with E-state index >= 15 is 0 Å². The lowest BCUT2D eigenvalue weighted by Gasteiger charge is -2.17. The van der Waals surface area contributed by atoms with E-state index in [4.69, 9.17) is 9.47 Å². The second kappa shape index (κ2) is 8.10. The van der Waals surface area contributed by atoms with E-state index in [1.54, 1.807) is 18.2 Å². The van der Waals surface area contributed by atoms with Gasteiger partial charge in [-0.05, 0) is 24.6 Å². The van der Waals surface area contributed by atoms with Gasteiger partial charge in [-0.25, -0.2) is 4.90 Å². The van der Waals surface area contributed by atoms with Crippen molar-refractivity contribution in [2.75, 3.05) is 19.1 Å². The van der Waals surface area contributed by atoms with Gasteiger partial charge in [-0.15, -0.1) is 11.8 Å². The van der Waals surface area contributed by atoms with Gasteiger partial charge in [-0.3, -0.25) is 9.59 Å². The molecule has 0 radical (unpaired) electrons. The predicted octanol–water partition coefficient (Wildman–Crippen LogP) is 4.44. The van der Waals surface area contributed by atoms with E-state index < -0.39 is 0 Å². The number of benzene rings is 2. The van der Waals surface area contributed by atoms with Crippen molar-refractivity contribution in [2.45, 2.75) is 26.0 Å². The standard InChI is InChI=1S/C22H23NO4S/c1-13(2)28-20-19(15-8-6-14(3)7-9-15)21(24)23(22(20)25)16-10-11-17(26-4)18(12-16)27-5/h6-13H,1-5H3. The molecule has 0 saturated carbocycles. The first kappa shape index (κ1) is 20.0. The van der Waals surface area contributed by atoms with Gasteiger partial charge in [0.1, 0.15) is 0 Å². The summed E-state index contributed by atoms with van der Waals surface area (Å²) >= 11 is 1.41. The number of hydrogen-bond acceptors (Lipinski definition) is 5. The third-order valence-corrected chi connectivity index (χ3v) is 5.45. The highest BCUT2D eigenvalue weighted by molar-refractivity contribution is 8.04. The monoisotopic (exact) mass is 397 g/mol. The molecule has 2 aromatic carbocycles. The van der Waals surface area contributed by atoms with Gasteiger partial charge in [0, 0.05) is 11.3 Å². The zero-order valence-corrected chi connectivity index (χ0v) is 17.4. The van der Waals surface area contributed by atoms with Crippen molar-refractivity contribution in [1.82, 2.24) is 0 Å². The highest BCUT2D eigenvalue weighted by Crippen LogP contribution is 2.41. The topological polar surface area (TPSA) is 55.8 Å². The van der Waals surface area contributed by atoms with Crippen LogP contribution >= 0.6 is 11.8 Å². The third-order valence-electron chi connectivity index (χ3n) is 4.36. The van der Waals surface area contributed by atoms with Gasteiger partial charge >= 0.3 is 0 Å². The van der Waals surface area contributed by atoms with Crippen LogP contribution in [-0.2, 0) is 9.59 Å². The van der Waals surface area contributed by atoms with Crippen LogP contribution in [0.1, 0.15) is 25.0 Å². The molecule has 2 aromatic rings. The molecule has 146 valence electrons. The van der Waals surface area contributed by atoms with E-state index in [0.29, 0.717) is 27.7 Å². The smallest absolute Gasteiger partial charge is 0.272 e. The van der Waals surface area contributed by atoms with Crippen molar-refractivity contribution >= 4 is 34.8 Å². The average molecular weight is 397 g/mol. The number of hydrogen-bond donors (Lipinski definition) is 0. The predicted molar refractivity (Wildman–Crippen MR) is 113 cm³/mol. The molecule has 1 aliphatic heterocycles. The van der Waals surface area contributed by atoms with Crippen molar-refractivity contribution in [3.05, 3.63) is 58.5 Å². The molecule has 0 unspecified atom stereocenters. The molecule has 0 spiro atoms. The summed E-state index contributed by atoms with van der Waals surface area (Å²) in [5.41, 5.74) is 2.74. The normalized spacial score (nSPS) is 14.3. The van der Waals surface area contributed by atoms with Crippen LogP contribution < -0.4 is 14.4 Å². The van der Waals surface area contributed by atoms with E-state index in [1.165, 1.54) is 30.9 Å². The number of nitrogens with zero attached hydrogens (tertiary/aromatic N) is 1. The molecule has 5 nitrogen and oxygen atoms in total. The Kier molecular flexibility index (Phi) is 5.79. The van der Waals surface area contributed by atoms with Gasteiger partial charge in [0.25, 0.3) is 11.8 Å². The Balaban J connectivity index is 2.09. The Morgan fingerprint density at radius 3 is 2.11 bits per heavy atom. The van der Waals surface area contributed by atoms with E-state index in [0.717, 1.165) is 11.1 Å². The Bertz CT molecular complexity index is 948.